The minimum atomic E-state index is -0.383. The summed E-state index contributed by atoms with van der Waals surface area (Å²) in [5.74, 6) is 1.47. The van der Waals surface area contributed by atoms with E-state index in [4.69, 9.17) is 23.4 Å². The normalized spacial score (nSPS) is 14.8. The summed E-state index contributed by atoms with van der Waals surface area (Å²) in [6, 6.07) is 13.5. The first kappa shape index (κ1) is 23.2. The van der Waals surface area contributed by atoms with Crippen molar-refractivity contribution in [3.63, 3.8) is 0 Å². The maximum absolute atomic E-state index is 13.2. The van der Waals surface area contributed by atoms with Crippen molar-refractivity contribution in [2.75, 3.05) is 34.0 Å². The van der Waals surface area contributed by atoms with Crippen LogP contribution in [-0.2, 0) is 11.2 Å². The molecule has 0 N–H and O–H groups in total. The number of furan rings is 1. The number of benzene rings is 2. The molecule has 0 saturated carbocycles. The molecule has 34 heavy (non-hydrogen) atoms. The molecule has 0 fully saturated rings. The third-order valence-corrected chi connectivity index (χ3v) is 5.77. The van der Waals surface area contributed by atoms with Gasteiger partial charge < -0.3 is 28.3 Å². The number of esters is 1. The molecule has 0 radical (unpaired) electrons. The molecule has 8 nitrogen and oxygen atoms in total. The van der Waals surface area contributed by atoms with Crippen molar-refractivity contribution in [3.05, 3.63) is 77.2 Å². The predicted molar refractivity (Wildman–Crippen MR) is 124 cm³/mol. The zero-order valence-electron chi connectivity index (χ0n) is 19.4. The second-order valence-electron chi connectivity index (χ2n) is 7.70. The van der Waals surface area contributed by atoms with Crippen molar-refractivity contribution in [1.29, 1.82) is 0 Å². The molecular formula is C26H27NO7. The Morgan fingerprint density at radius 3 is 2.44 bits per heavy atom. The molecule has 0 aliphatic carbocycles. The Kier molecular flexibility index (Phi) is 7.06. The Balaban J connectivity index is 1.62. The Bertz CT molecular complexity index is 1140. The standard InChI is InChI=1S/C26H27NO7/c1-4-32-26(29)17-7-9-19(10-8-17)34-16-21-20-15-24(31-3)23(30-2)14-18(20)11-12-27(21)25(28)22-6-5-13-33-22/h5-10,13-15,21H,4,11-12,16H2,1-3H3. The minimum Gasteiger partial charge on any atom is -0.493 e. The molecule has 1 amide bonds. The second kappa shape index (κ2) is 10.3. The van der Waals surface area contributed by atoms with Gasteiger partial charge in [0.2, 0.25) is 0 Å². The molecule has 3 aromatic rings. The van der Waals surface area contributed by atoms with Gasteiger partial charge in [-0.25, -0.2) is 4.79 Å². The SMILES string of the molecule is CCOC(=O)c1ccc(OCC2c3cc(OC)c(OC)cc3CCN2C(=O)c2ccco2)cc1. The van der Waals surface area contributed by atoms with Gasteiger partial charge in [-0.1, -0.05) is 0 Å². The van der Waals surface area contributed by atoms with Crippen LogP contribution in [0.1, 0.15) is 45.0 Å². The summed E-state index contributed by atoms with van der Waals surface area (Å²) >= 11 is 0. The van der Waals surface area contributed by atoms with E-state index in [1.807, 2.05) is 12.1 Å². The highest BCUT2D eigenvalue weighted by molar-refractivity contribution is 5.92. The molecule has 2 heterocycles. The van der Waals surface area contributed by atoms with Gasteiger partial charge in [0, 0.05) is 6.54 Å². The van der Waals surface area contributed by atoms with E-state index >= 15 is 0 Å². The van der Waals surface area contributed by atoms with Gasteiger partial charge in [0.05, 0.1) is 38.7 Å². The topological polar surface area (TPSA) is 87.4 Å². The number of rotatable bonds is 8. The van der Waals surface area contributed by atoms with Gasteiger partial charge in [-0.3, -0.25) is 4.79 Å². The quantitative estimate of drug-likeness (QED) is 0.459. The molecule has 1 aliphatic heterocycles. The summed E-state index contributed by atoms with van der Waals surface area (Å²) < 4.78 is 27.4. The fourth-order valence-corrected chi connectivity index (χ4v) is 4.07. The zero-order chi connectivity index (χ0) is 24.1. The molecule has 8 heteroatoms. The summed E-state index contributed by atoms with van der Waals surface area (Å²) in [5.41, 5.74) is 2.43. The van der Waals surface area contributed by atoms with Gasteiger partial charge in [-0.05, 0) is 73.0 Å². The summed E-state index contributed by atoms with van der Waals surface area (Å²) in [7, 11) is 3.18. The maximum atomic E-state index is 13.2. The van der Waals surface area contributed by atoms with Crippen molar-refractivity contribution in [2.24, 2.45) is 0 Å². The van der Waals surface area contributed by atoms with E-state index in [2.05, 4.69) is 0 Å². The van der Waals surface area contributed by atoms with E-state index in [9.17, 15) is 9.59 Å². The summed E-state index contributed by atoms with van der Waals surface area (Å²) in [4.78, 5) is 26.9. The fourth-order valence-electron chi connectivity index (χ4n) is 4.07. The number of fused-ring (bicyclic) bond motifs is 1. The van der Waals surface area contributed by atoms with Crippen LogP contribution in [0.15, 0.2) is 59.2 Å². The van der Waals surface area contributed by atoms with Crippen LogP contribution in [0.3, 0.4) is 0 Å². The predicted octanol–water partition coefficient (Wildman–Crippen LogP) is 4.29. The molecule has 0 spiro atoms. The molecule has 0 bridgehead atoms. The summed E-state index contributed by atoms with van der Waals surface area (Å²) in [5, 5.41) is 0. The monoisotopic (exact) mass is 465 g/mol. The van der Waals surface area contributed by atoms with Crippen LogP contribution in [0.4, 0.5) is 0 Å². The van der Waals surface area contributed by atoms with E-state index in [1.54, 1.807) is 62.4 Å². The number of hydrogen-bond acceptors (Lipinski definition) is 7. The molecule has 178 valence electrons. The van der Waals surface area contributed by atoms with E-state index in [1.165, 1.54) is 6.26 Å². The molecule has 1 unspecified atom stereocenters. The van der Waals surface area contributed by atoms with Crippen LogP contribution >= 0.6 is 0 Å². The number of ether oxygens (including phenoxy) is 4. The van der Waals surface area contributed by atoms with Crippen molar-refractivity contribution < 1.29 is 33.0 Å². The number of hydrogen-bond donors (Lipinski definition) is 0. The number of carbonyl (C=O) groups excluding carboxylic acids is 2. The van der Waals surface area contributed by atoms with Crippen LogP contribution in [0.2, 0.25) is 0 Å². The van der Waals surface area contributed by atoms with E-state index in [-0.39, 0.29) is 30.3 Å². The van der Waals surface area contributed by atoms with Gasteiger partial charge >= 0.3 is 5.97 Å². The lowest BCUT2D eigenvalue weighted by molar-refractivity contribution is 0.0523. The van der Waals surface area contributed by atoms with Gasteiger partial charge in [-0.15, -0.1) is 0 Å². The molecule has 4 rings (SSSR count). The van der Waals surface area contributed by atoms with Crippen molar-refractivity contribution in [3.8, 4) is 17.2 Å². The van der Waals surface area contributed by atoms with Crippen molar-refractivity contribution in [1.82, 2.24) is 4.90 Å². The van der Waals surface area contributed by atoms with E-state index in [0.29, 0.717) is 42.4 Å². The second-order valence-corrected chi connectivity index (χ2v) is 7.70. The lowest BCUT2D eigenvalue weighted by atomic mass is 9.92. The smallest absolute Gasteiger partial charge is 0.338 e. The Morgan fingerprint density at radius 2 is 1.79 bits per heavy atom. The minimum absolute atomic E-state index is 0.202. The van der Waals surface area contributed by atoms with Gasteiger partial charge in [0.25, 0.3) is 5.91 Å². The lowest BCUT2D eigenvalue weighted by Gasteiger charge is -2.37. The third kappa shape index (κ3) is 4.71. The molecular weight excluding hydrogens is 438 g/mol. The summed E-state index contributed by atoms with van der Waals surface area (Å²) in [6.07, 6.45) is 2.14. The van der Waals surface area contributed by atoms with Crippen molar-refractivity contribution >= 4 is 11.9 Å². The fraction of sp³-hybridized carbons (Fsp3) is 0.308. The highest BCUT2D eigenvalue weighted by atomic mass is 16.5. The summed E-state index contributed by atoms with van der Waals surface area (Å²) in [6.45, 7) is 2.77. The molecule has 1 atom stereocenters. The molecule has 2 aromatic carbocycles. The number of amides is 1. The third-order valence-electron chi connectivity index (χ3n) is 5.77. The molecule has 1 aliphatic rings. The van der Waals surface area contributed by atoms with Crippen LogP contribution in [0.25, 0.3) is 0 Å². The van der Waals surface area contributed by atoms with Crippen molar-refractivity contribution in [2.45, 2.75) is 19.4 Å². The largest absolute Gasteiger partial charge is 0.493 e. The number of carbonyl (C=O) groups is 2. The first-order valence-electron chi connectivity index (χ1n) is 11.0. The van der Waals surface area contributed by atoms with Gasteiger partial charge in [0.1, 0.15) is 12.4 Å². The number of methoxy groups -OCH3 is 2. The van der Waals surface area contributed by atoms with Crippen LogP contribution < -0.4 is 14.2 Å². The van der Waals surface area contributed by atoms with Gasteiger partial charge in [0.15, 0.2) is 17.3 Å². The number of nitrogens with zero attached hydrogens (tertiary/aromatic N) is 1. The zero-order valence-corrected chi connectivity index (χ0v) is 19.4. The van der Waals surface area contributed by atoms with Crippen LogP contribution in [0.5, 0.6) is 17.2 Å². The first-order valence-corrected chi connectivity index (χ1v) is 11.0. The highest BCUT2D eigenvalue weighted by Gasteiger charge is 2.34. The van der Waals surface area contributed by atoms with Crippen LogP contribution in [-0.4, -0.2) is 50.8 Å². The molecule has 1 aromatic heterocycles. The van der Waals surface area contributed by atoms with E-state index < -0.39 is 0 Å². The van der Waals surface area contributed by atoms with Crippen LogP contribution in [0, 0.1) is 0 Å². The molecule has 0 saturated heterocycles. The maximum Gasteiger partial charge on any atom is 0.338 e. The Morgan fingerprint density at radius 1 is 1.06 bits per heavy atom. The first-order chi connectivity index (χ1) is 16.5. The van der Waals surface area contributed by atoms with E-state index in [0.717, 1.165) is 11.1 Å². The lowest BCUT2D eigenvalue weighted by Crippen LogP contribution is -2.42. The highest BCUT2D eigenvalue weighted by Crippen LogP contribution is 2.39. The van der Waals surface area contributed by atoms with Gasteiger partial charge in [-0.2, -0.15) is 0 Å². The average Bonchev–Trinajstić information content (AvgIpc) is 3.41. The Labute approximate surface area is 198 Å². The Hall–Kier alpha value is -3.94. The average molecular weight is 466 g/mol.